The molecule has 2 aliphatic rings. The minimum atomic E-state index is -1.47. The molecule has 4 heteroatoms. The molecule has 14 heavy (non-hydrogen) atoms. The Balaban J connectivity index is 1.96. The second-order valence-corrected chi connectivity index (χ2v) is 4.46. The third-order valence-corrected chi connectivity index (χ3v) is 3.31. The number of hydrogen-bond acceptors (Lipinski definition) is 3. The van der Waals surface area contributed by atoms with E-state index in [0.29, 0.717) is 18.9 Å². The van der Waals surface area contributed by atoms with Crippen molar-refractivity contribution in [3.63, 3.8) is 0 Å². The van der Waals surface area contributed by atoms with E-state index in [4.69, 9.17) is 5.11 Å². The molecule has 0 aromatic carbocycles. The largest absolute Gasteiger partial charge is 0.479 e. The second-order valence-electron chi connectivity index (χ2n) is 4.46. The van der Waals surface area contributed by atoms with Crippen LogP contribution in [0.5, 0.6) is 0 Å². The first-order valence-electron chi connectivity index (χ1n) is 5.32. The Morgan fingerprint density at radius 2 is 2.00 bits per heavy atom. The van der Waals surface area contributed by atoms with Gasteiger partial charge in [-0.3, -0.25) is 0 Å². The highest BCUT2D eigenvalue weighted by molar-refractivity contribution is 5.77. The van der Waals surface area contributed by atoms with Crippen LogP contribution in [0.2, 0.25) is 0 Å². The quantitative estimate of drug-likeness (QED) is 0.678. The summed E-state index contributed by atoms with van der Waals surface area (Å²) in [5.74, 6) is -1.06. The van der Waals surface area contributed by atoms with Crippen molar-refractivity contribution < 1.29 is 15.0 Å². The van der Waals surface area contributed by atoms with Gasteiger partial charge in [-0.2, -0.15) is 0 Å². The number of likely N-dealkylation sites (tertiary alicyclic amines) is 1. The van der Waals surface area contributed by atoms with Crippen molar-refractivity contribution in [2.75, 3.05) is 13.1 Å². The number of carboxylic acids is 1. The summed E-state index contributed by atoms with van der Waals surface area (Å²) in [5, 5.41) is 18.7. The van der Waals surface area contributed by atoms with E-state index < -0.39 is 11.6 Å². The van der Waals surface area contributed by atoms with Gasteiger partial charge in [-0.1, -0.05) is 0 Å². The molecule has 0 aromatic heterocycles. The van der Waals surface area contributed by atoms with Crippen LogP contribution in [0.3, 0.4) is 0 Å². The first kappa shape index (κ1) is 9.93. The summed E-state index contributed by atoms with van der Waals surface area (Å²) in [5.41, 5.74) is -1.47. The van der Waals surface area contributed by atoms with Gasteiger partial charge in [0.15, 0.2) is 5.60 Å². The molecule has 1 aliphatic heterocycles. The molecule has 2 fully saturated rings. The van der Waals surface area contributed by atoms with Crippen molar-refractivity contribution in [1.82, 2.24) is 4.90 Å². The Labute approximate surface area is 83.5 Å². The number of rotatable bonds is 2. The zero-order valence-corrected chi connectivity index (χ0v) is 8.28. The second kappa shape index (κ2) is 3.51. The van der Waals surface area contributed by atoms with Gasteiger partial charge in [0.05, 0.1) is 0 Å². The third kappa shape index (κ3) is 1.91. The van der Waals surface area contributed by atoms with Crippen LogP contribution in [0.4, 0.5) is 0 Å². The van der Waals surface area contributed by atoms with E-state index >= 15 is 0 Å². The molecule has 1 atom stereocenters. The van der Waals surface area contributed by atoms with E-state index in [1.807, 2.05) is 0 Å². The first-order chi connectivity index (χ1) is 6.62. The molecule has 0 amide bonds. The summed E-state index contributed by atoms with van der Waals surface area (Å²) in [4.78, 5) is 13.2. The molecule has 0 radical (unpaired) electrons. The smallest absolute Gasteiger partial charge is 0.335 e. The molecule has 80 valence electrons. The Morgan fingerprint density at radius 1 is 1.29 bits per heavy atom. The highest BCUT2D eigenvalue weighted by Gasteiger charge is 2.40. The zero-order valence-electron chi connectivity index (χ0n) is 8.28. The van der Waals surface area contributed by atoms with Crippen molar-refractivity contribution in [2.45, 2.75) is 43.7 Å². The molecule has 0 aromatic rings. The van der Waals surface area contributed by atoms with Crippen molar-refractivity contribution >= 4 is 5.97 Å². The highest BCUT2D eigenvalue weighted by atomic mass is 16.4. The lowest BCUT2D eigenvalue weighted by molar-refractivity contribution is -0.159. The number of aliphatic hydroxyl groups is 1. The van der Waals surface area contributed by atoms with Gasteiger partial charge in [-0.25, -0.2) is 4.79 Å². The van der Waals surface area contributed by atoms with Gasteiger partial charge in [0.25, 0.3) is 0 Å². The fourth-order valence-electron chi connectivity index (χ4n) is 2.16. The Morgan fingerprint density at radius 3 is 2.57 bits per heavy atom. The van der Waals surface area contributed by atoms with Gasteiger partial charge in [0.2, 0.25) is 0 Å². The summed E-state index contributed by atoms with van der Waals surface area (Å²) in [6.45, 7) is 1.67. The molecule has 1 saturated carbocycles. The van der Waals surface area contributed by atoms with E-state index in [-0.39, 0.29) is 0 Å². The lowest BCUT2D eigenvalue weighted by Crippen LogP contribution is -2.39. The number of aliphatic carboxylic acids is 1. The monoisotopic (exact) mass is 199 g/mol. The van der Waals surface area contributed by atoms with Crippen LogP contribution in [0, 0.1) is 0 Å². The number of carboxylic acid groups (broad SMARTS) is 1. The van der Waals surface area contributed by atoms with Gasteiger partial charge in [-0.15, -0.1) is 0 Å². The average molecular weight is 199 g/mol. The van der Waals surface area contributed by atoms with Gasteiger partial charge in [-0.05, 0) is 38.6 Å². The number of carbonyl (C=O) groups is 1. The average Bonchev–Trinajstić information content (AvgIpc) is 2.90. The standard InChI is InChI=1S/C10H17NO3/c12-9(13)10(14)4-1-6-11(7-5-10)8-2-3-8/h8,14H,1-7H2,(H,12,13). The highest BCUT2D eigenvalue weighted by Crippen LogP contribution is 2.31. The van der Waals surface area contributed by atoms with E-state index in [2.05, 4.69) is 4.90 Å². The summed E-state index contributed by atoms with van der Waals surface area (Å²) < 4.78 is 0. The molecule has 0 bridgehead atoms. The maximum atomic E-state index is 10.9. The lowest BCUT2D eigenvalue weighted by Gasteiger charge is -2.22. The van der Waals surface area contributed by atoms with Crippen LogP contribution in [-0.4, -0.2) is 45.8 Å². The van der Waals surface area contributed by atoms with Crippen LogP contribution in [0.1, 0.15) is 32.1 Å². The van der Waals surface area contributed by atoms with E-state index in [1.54, 1.807) is 0 Å². The lowest BCUT2D eigenvalue weighted by atomic mass is 9.95. The summed E-state index contributed by atoms with van der Waals surface area (Å²) in [7, 11) is 0. The van der Waals surface area contributed by atoms with Gasteiger partial charge in [0.1, 0.15) is 0 Å². The molecule has 1 heterocycles. The van der Waals surface area contributed by atoms with Crippen molar-refractivity contribution in [3.8, 4) is 0 Å². The SMILES string of the molecule is O=C(O)C1(O)CCCN(C2CC2)CC1. The Kier molecular flexibility index (Phi) is 2.49. The van der Waals surface area contributed by atoms with Crippen LogP contribution in [-0.2, 0) is 4.79 Å². The van der Waals surface area contributed by atoms with Gasteiger partial charge >= 0.3 is 5.97 Å². The van der Waals surface area contributed by atoms with Crippen LogP contribution in [0.25, 0.3) is 0 Å². The summed E-state index contributed by atoms with van der Waals surface area (Å²) >= 11 is 0. The maximum absolute atomic E-state index is 10.9. The predicted molar refractivity (Wildman–Crippen MR) is 51.0 cm³/mol. The van der Waals surface area contributed by atoms with Crippen molar-refractivity contribution in [3.05, 3.63) is 0 Å². The molecule has 1 aliphatic carbocycles. The van der Waals surface area contributed by atoms with Gasteiger partial charge < -0.3 is 15.1 Å². The maximum Gasteiger partial charge on any atom is 0.335 e. The van der Waals surface area contributed by atoms with E-state index in [0.717, 1.165) is 19.5 Å². The van der Waals surface area contributed by atoms with E-state index in [9.17, 15) is 9.90 Å². The fraction of sp³-hybridized carbons (Fsp3) is 0.900. The molecule has 2 N–H and O–H groups in total. The molecule has 1 saturated heterocycles. The molecule has 1 unspecified atom stereocenters. The van der Waals surface area contributed by atoms with Crippen molar-refractivity contribution in [1.29, 1.82) is 0 Å². The number of hydrogen-bond donors (Lipinski definition) is 2. The molecule has 2 rings (SSSR count). The minimum absolute atomic E-state index is 0.374. The first-order valence-corrected chi connectivity index (χ1v) is 5.32. The summed E-state index contributed by atoms with van der Waals surface area (Å²) in [6, 6.07) is 0.672. The zero-order chi connectivity index (χ0) is 10.2. The Hall–Kier alpha value is -0.610. The van der Waals surface area contributed by atoms with Crippen LogP contribution in [0.15, 0.2) is 0 Å². The molecular formula is C10H17NO3. The number of nitrogens with zero attached hydrogens (tertiary/aromatic N) is 1. The Bertz CT molecular complexity index is 240. The predicted octanol–water partition coefficient (Wildman–Crippen LogP) is 0.450. The van der Waals surface area contributed by atoms with Gasteiger partial charge in [0, 0.05) is 12.6 Å². The minimum Gasteiger partial charge on any atom is -0.479 e. The molecule has 0 spiro atoms. The van der Waals surface area contributed by atoms with Crippen molar-refractivity contribution in [2.24, 2.45) is 0 Å². The fourth-order valence-corrected chi connectivity index (χ4v) is 2.16. The summed E-state index contributed by atoms with van der Waals surface area (Å²) in [6.07, 6.45) is 4.04. The molecular weight excluding hydrogens is 182 g/mol. The third-order valence-electron chi connectivity index (χ3n) is 3.31. The normalized spacial score (nSPS) is 35.2. The van der Waals surface area contributed by atoms with E-state index in [1.165, 1.54) is 12.8 Å². The molecule has 4 nitrogen and oxygen atoms in total. The van der Waals surface area contributed by atoms with Crippen LogP contribution < -0.4 is 0 Å². The topological polar surface area (TPSA) is 60.8 Å². The van der Waals surface area contributed by atoms with Crippen LogP contribution >= 0.6 is 0 Å².